The van der Waals surface area contributed by atoms with Crippen molar-refractivity contribution in [1.82, 2.24) is 19.4 Å². The highest BCUT2D eigenvalue weighted by molar-refractivity contribution is 7.89. The molecule has 0 saturated heterocycles. The van der Waals surface area contributed by atoms with E-state index in [1.54, 1.807) is 0 Å². The number of hydrogen-bond acceptors (Lipinski definition) is 7. The van der Waals surface area contributed by atoms with Crippen LogP contribution in [0.3, 0.4) is 0 Å². The van der Waals surface area contributed by atoms with E-state index < -0.39 is 16.0 Å². The van der Waals surface area contributed by atoms with Crippen molar-refractivity contribution >= 4 is 21.9 Å². The highest BCUT2D eigenvalue weighted by atomic mass is 32.2. The SMILES string of the molecule is CCc1nn(C[C@@H](C)COC(=O)c2ccc(S(=O)(=O)N(C)C)cc2)c2c1C(=O)NCCCOCCC2. The lowest BCUT2D eigenvalue weighted by molar-refractivity contribution is 0.0435. The molecular weight excluding hydrogens is 484 g/mol. The summed E-state index contributed by atoms with van der Waals surface area (Å²) in [6, 6.07) is 5.68. The van der Waals surface area contributed by atoms with Crippen molar-refractivity contribution in [2.75, 3.05) is 40.5 Å². The van der Waals surface area contributed by atoms with E-state index in [-0.39, 0.29) is 28.9 Å². The van der Waals surface area contributed by atoms with Crippen molar-refractivity contribution < 1.29 is 27.5 Å². The molecule has 1 atom stereocenters. The summed E-state index contributed by atoms with van der Waals surface area (Å²) in [6.07, 6.45) is 2.87. The smallest absolute Gasteiger partial charge is 0.338 e. The zero-order valence-electron chi connectivity index (χ0n) is 21.5. The molecule has 0 radical (unpaired) electrons. The molecule has 2 heterocycles. The number of fused-ring (bicyclic) bond motifs is 1. The first-order valence-electron chi connectivity index (χ1n) is 12.3. The number of esters is 1. The van der Waals surface area contributed by atoms with Crippen LogP contribution in [-0.4, -0.2) is 74.8 Å². The Morgan fingerprint density at radius 3 is 2.58 bits per heavy atom. The summed E-state index contributed by atoms with van der Waals surface area (Å²) in [5.74, 6) is -0.691. The summed E-state index contributed by atoms with van der Waals surface area (Å²) >= 11 is 0. The van der Waals surface area contributed by atoms with E-state index >= 15 is 0 Å². The lowest BCUT2D eigenvalue weighted by Gasteiger charge is -2.15. The zero-order valence-corrected chi connectivity index (χ0v) is 22.3. The van der Waals surface area contributed by atoms with E-state index in [9.17, 15) is 18.0 Å². The first-order valence-corrected chi connectivity index (χ1v) is 13.7. The highest BCUT2D eigenvalue weighted by Crippen LogP contribution is 2.20. The molecule has 2 aromatic rings. The maximum absolute atomic E-state index is 12.9. The van der Waals surface area contributed by atoms with Gasteiger partial charge in [-0.2, -0.15) is 5.10 Å². The average molecular weight is 521 g/mol. The summed E-state index contributed by atoms with van der Waals surface area (Å²) in [5.41, 5.74) is 2.57. The predicted molar refractivity (Wildman–Crippen MR) is 134 cm³/mol. The van der Waals surface area contributed by atoms with E-state index in [0.717, 1.165) is 28.5 Å². The van der Waals surface area contributed by atoms with Crippen LogP contribution in [0, 0.1) is 5.92 Å². The number of amides is 1. The van der Waals surface area contributed by atoms with Crippen molar-refractivity contribution in [3.05, 3.63) is 46.8 Å². The van der Waals surface area contributed by atoms with E-state index in [1.807, 2.05) is 18.5 Å². The molecule has 198 valence electrons. The Morgan fingerprint density at radius 2 is 1.92 bits per heavy atom. The molecule has 0 unspecified atom stereocenters. The Morgan fingerprint density at radius 1 is 1.22 bits per heavy atom. The third-order valence-electron chi connectivity index (χ3n) is 6.00. The predicted octanol–water partition coefficient (Wildman–Crippen LogP) is 2.27. The molecular formula is C25H36N4O6S. The molecule has 0 saturated carbocycles. The maximum Gasteiger partial charge on any atom is 0.338 e. The van der Waals surface area contributed by atoms with Crippen LogP contribution in [0.15, 0.2) is 29.2 Å². The largest absolute Gasteiger partial charge is 0.462 e. The summed E-state index contributed by atoms with van der Waals surface area (Å²) in [4.78, 5) is 25.5. The fourth-order valence-corrected chi connectivity index (χ4v) is 4.90. The second kappa shape index (κ2) is 12.5. The average Bonchev–Trinajstić information content (AvgIpc) is 3.18. The number of sulfonamides is 1. The zero-order chi connectivity index (χ0) is 26.3. The lowest BCUT2D eigenvalue weighted by atomic mass is 10.1. The van der Waals surface area contributed by atoms with Gasteiger partial charge in [-0.1, -0.05) is 13.8 Å². The Balaban J connectivity index is 1.67. The Kier molecular flexibility index (Phi) is 9.63. The fourth-order valence-electron chi connectivity index (χ4n) is 4.00. The molecule has 3 rings (SSSR count). The van der Waals surface area contributed by atoms with E-state index in [4.69, 9.17) is 14.6 Å². The monoisotopic (exact) mass is 520 g/mol. The molecule has 1 aliphatic heterocycles. The van der Waals surface area contributed by atoms with Crippen molar-refractivity contribution in [3.63, 3.8) is 0 Å². The van der Waals surface area contributed by atoms with Gasteiger partial charge >= 0.3 is 5.97 Å². The molecule has 1 amide bonds. The van der Waals surface area contributed by atoms with Crippen molar-refractivity contribution in [2.24, 2.45) is 5.92 Å². The second-order valence-corrected chi connectivity index (χ2v) is 11.3. The minimum atomic E-state index is -3.57. The van der Waals surface area contributed by atoms with Gasteiger partial charge in [-0.25, -0.2) is 17.5 Å². The number of aromatic nitrogens is 2. The van der Waals surface area contributed by atoms with Crippen LogP contribution >= 0.6 is 0 Å². The van der Waals surface area contributed by atoms with E-state index in [0.29, 0.717) is 44.7 Å². The summed E-state index contributed by atoms with van der Waals surface area (Å²) < 4.78 is 38.5. The molecule has 0 spiro atoms. The van der Waals surface area contributed by atoms with Gasteiger partial charge in [-0.05, 0) is 49.9 Å². The number of rotatable bonds is 8. The van der Waals surface area contributed by atoms with E-state index in [1.165, 1.54) is 38.4 Å². The summed E-state index contributed by atoms with van der Waals surface area (Å²) in [6.45, 7) is 6.39. The van der Waals surface area contributed by atoms with Gasteiger partial charge in [0.15, 0.2) is 0 Å². The topological polar surface area (TPSA) is 120 Å². The van der Waals surface area contributed by atoms with Gasteiger partial charge in [0.1, 0.15) is 0 Å². The van der Waals surface area contributed by atoms with Gasteiger partial charge < -0.3 is 14.8 Å². The number of benzene rings is 1. The number of nitrogens with one attached hydrogen (secondary N) is 1. The second-order valence-electron chi connectivity index (χ2n) is 9.14. The third kappa shape index (κ3) is 6.71. The highest BCUT2D eigenvalue weighted by Gasteiger charge is 2.24. The molecule has 1 aromatic carbocycles. The molecule has 0 bridgehead atoms. The molecule has 10 nitrogen and oxygen atoms in total. The van der Waals surface area contributed by atoms with Crippen molar-refractivity contribution in [2.45, 2.75) is 51.0 Å². The standard InChI is InChI=1S/C25H36N4O6S/c1-5-21-23-22(8-6-14-34-15-7-13-26-24(23)30)29(27-21)16-18(2)17-35-25(31)19-9-11-20(12-10-19)36(32,33)28(3)4/h9-12,18H,5-8,13-17H2,1-4H3,(H,26,30)/t18-/m1/s1. The fraction of sp³-hybridized carbons (Fsp3) is 0.560. The first-order chi connectivity index (χ1) is 17.1. The Labute approximate surface area is 213 Å². The first kappa shape index (κ1) is 27.8. The van der Waals surface area contributed by atoms with Crippen LogP contribution in [0.4, 0.5) is 0 Å². The molecule has 0 fully saturated rings. The van der Waals surface area contributed by atoms with Crippen LogP contribution in [0.2, 0.25) is 0 Å². The number of aryl methyl sites for hydroxylation is 1. The molecule has 11 heteroatoms. The number of carbonyl (C=O) groups is 2. The minimum Gasteiger partial charge on any atom is -0.462 e. The normalized spacial score (nSPS) is 16.1. The molecule has 36 heavy (non-hydrogen) atoms. The van der Waals surface area contributed by atoms with Crippen LogP contribution in [0.1, 0.15) is 58.8 Å². The van der Waals surface area contributed by atoms with Gasteiger partial charge in [-0.3, -0.25) is 9.48 Å². The maximum atomic E-state index is 12.9. The van der Waals surface area contributed by atoms with Gasteiger partial charge in [0.2, 0.25) is 10.0 Å². The molecule has 0 aliphatic carbocycles. The van der Waals surface area contributed by atoms with Crippen LogP contribution in [0.5, 0.6) is 0 Å². The number of ether oxygens (including phenoxy) is 2. The number of hydrogen-bond donors (Lipinski definition) is 1. The molecule has 1 N–H and O–H groups in total. The lowest BCUT2D eigenvalue weighted by Crippen LogP contribution is -2.27. The van der Waals surface area contributed by atoms with Gasteiger partial charge in [0, 0.05) is 46.3 Å². The third-order valence-corrected chi connectivity index (χ3v) is 7.83. The van der Waals surface area contributed by atoms with E-state index in [2.05, 4.69) is 5.32 Å². The van der Waals surface area contributed by atoms with Crippen molar-refractivity contribution in [3.8, 4) is 0 Å². The molecule has 1 aromatic heterocycles. The Hall–Kier alpha value is -2.76. The summed E-state index contributed by atoms with van der Waals surface area (Å²) in [7, 11) is -0.665. The Bertz CT molecular complexity index is 1160. The van der Waals surface area contributed by atoms with Gasteiger partial charge in [0.25, 0.3) is 5.91 Å². The minimum absolute atomic E-state index is 0.0615. The quantitative estimate of drug-likeness (QED) is 0.530. The number of nitrogens with zero attached hydrogens (tertiary/aromatic N) is 3. The van der Waals surface area contributed by atoms with Crippen LogP contribution < -0.4 is 5.32 Å². The van der Waals surface area contributed by atoms with Crippen LogP contribution in [0.25, 0.3) is 0 Å². The van der Waals surface area contributed by atoms with Gasteiger partial charge in [-0.15, -0.1) is 0 Å². The van der Waals surface area contributed by atoms with Gasteiger partial charge in [0.05, 0.1) is 34.0 Å². The molecule has 1 aliphatic rings. The van der Waals surface area contributed by atoms with Crippen molar-refractivity contribution in [1.29, 1.82) is 0 Å². The summed E-state index contributed by atoms with van der Waals surface area (Å²) in [5, 5.41) is 7.69. The number of carbonyl (C=O) groups excluding carboxylic acids is 2. The van der Waals surface area contributed by atoms with Crippen LogP contribution in [-0.2, 0) is 38.9 Å².